The Labute approximate surface area is 162 Å². The minimum atomic E-state index is -0.224. The van der Waals surface area contributed by atoms with Gasteiger partial charge in [-0.1, -0.05) is 42.5 Å². The smallest absolute Gasteiger partial charge is 0.220 e. The van der Waals surface area contributed by atoms with Crippen LogP contribution in [0.1, 0.15) is 50.8 Å². The Hall–Kier alpha value is -2.33. The van der Waals surface area contributed by atoms with Gasteiger partial charge in [0.2, 0.25) is 5.91 Å². The maximum absolute atomic E-state index is 12.8. The molecule has 3 rings (SSSR count). The van der Waals surface area contributed by atoms with E-state index in [2.05, 4.69) is 38.1 Å². The number of hydrogen-bond donors (Lipinski definition) is 0. The SMILES string of the molecule is COc1ccc([C@H](c2ccccc2)N(C(C)=O)[C@H]2CCOC(C)(C)C2)cc1. The van der Waals surface area contributed by atoms with Crippen molar-refractivity contribution >= 4 is 5.91 Å². The number of methoxy groups -OCH3 is 1. The largest absolute Gasteiger partial charge is 0.497 e. The first kappa shape index (κ1) is 19.4. The third-order valence-electron chi connectivity index (χ3n) is 5.25. The molecule has 1 fully saturated rings. The first-order chi connectivity index (χ1) is 12.9. The van der Waals surface area contributed by atoms with E-state index in [4.69, 9.17) is 9.47 Å². The topological polar surface area (TPSA) is 38.8 Å². The molecule has 0 aliphatic carbocycles. The predicted molar refractivity (Wildman–Crippen MR) is 107 cm³/mol. The fourth-order valence-corrected chi connectivity index (χ4v) is 4.02. The molecular formula is C23H29NO3. The number of benzene rings is 2. The molecule has 0 radical (unpaired) electrons. The van der Waals surface area contributed by atoms with E-state index >= 15 is 0 Å². The van der Waals surface area contributed by atoms with E-state index in [1.165, 1.54) is 0 Å². The molecule has 0 unspecified atom stereocenters. The van der Waals surface area contributed by atoms with Gasteiger partial charge in [-0.05, 0) is 49.9 Å². The Morgan fingerprint density at radius 3 is 2.30 bits per heavy atom. The summed E-state index contributed by atoms with van der Waals surface area (Å²) < 4.78 is 11.2. The third-order valence-corrected chi connectivity index (χ3v) is 5.25. The van der Waals surface area contributed by atoms with Crippen molar-refractivity contribution in [3.8, 4) is 5.75 Å². The summed E-state index contributed by atoms with van der Waals surface area (Å²) in [5, 5.41) is 0. The summed E-state index contributed by atoms with van der Waals surface area (Å²) in [5.41, 5.74) is 1.97. The highest BCUT2D eigenvalue weighted by Gasteiger charge is 2.37. The number of amides is 1. The predicted octanol–water partition coefficient (Wildman–Crippen LogP) is 4.59. The van der Waals surface area contributed by atoms with Gasteiger partial charge in [0.15, 0.2) is 0 Å². The van der Waals surface area contributed by atoms with Crippen LogP contribution in [0.15, 0.2) is 54.6 Å². The second-order valence-electron chi connectivity index (χ2n) is 7.77. The van der Waals surface area contributed by atoms with Crippen molar-refractivity contribution in [2.75, 3.05) is 13.7 Å². The molecule has 1 aliphatic rings. The fourth-order valence-electron chi connectivity index (χ4n) is 4.02. The number of carbonyl (C=O) groups excluding carboxylic acids is 1. The van der Waals surface area contributed by atoms with Gasteiger partial charge in [0.05, 0.1) is 18.8 Å². The molecule has 2 aromatic rings. The maximum Gasteiger partial charge on any atom is 0.220 e. The Morgan fingerprint density at radius 1 is 1.11 bits per heavy atom. The van der Waals surface area contributed by atoms with E-state index in [9.17, 15) is 4.79 Å². The highest BCUT2D eigenvalue weighted by atomic mass is 16.5. The molecule has 144 valence electrons. The molecule has 0 spiro atoms. The van der Waals surface area contributed by atoms with Gasteiger partial charge in [0.25, 0.3) is 0 Å². The normalized spacial score (nSPS) is 19.9. The zero-order chi connectivity index (χ0) is 19.4. The Kier molecular flexibility index (Phi) is 5.85. The third kappa shape index (κ3) is 4.51. The van der Waals surface area contributed by atoms with Crippen LogP contribution < -0.4 is 4.74 Å². The van der Waals surface area contributed by atoms with E-state index in [1.54, 1.807) is 14.0 Å². The highest BCUT2D eigenvalue weighted by molar-refractivity contribution is 5.75. The molecule has 2 atom stereocenters. The van der Waals surface area contributed by atoms with Crippen molar-refractivity contribution in [1.82, 2.24) is 4.90 Å². The molecule has 1 heterocycles. The van der Waals surface area contributed by atoms with Gasteiger partial charge in [0.1, 0.15) is 5.75 Å². The maximum atomic E-state index is 12.8. The average molecular weight is 367 g/mol. The van der Waals surface area contributed by atoms with Gasteiger partial charge in [0, 0.05) is 19.6 Å². The summed E-state index contributed by atoms with van der Waals surface area (Å²) in [6.45, 7) is 6.54. The number of nitrogens with zero attached hydrogens (tertiary/aromatic N) is 1. The van der Waals surface area contributed by atoms with E-state index in [-0.39, 0.29) is 23.6 Å². The van der Waals surface area contributed by atoms with E-state index in [0.717, 1.165) is 29.7 Å². The number of hydrogen-bond acceptors (Lipinski definition) is 3. The lowest BCUT2D eigenvalue weighted by atomic mass is 9.89. The lowest BCUT2D eigenvalue weighted by molar-refractivity contribution is -0.140. The highest BCUT2D eigenvalue weighted by Crippen LogP contribution is 2.36. The standard InChI is InChI=1S/C23H29NO3/c1-17(25)24(20-14-15-27-23(2,3)16-20)22(18-8-6-5-7-9-18)19-10-12-21(26-4)13-11-19/h5-13,20,22H,14-16H2,1-4H3/t20-,22-/m0/s1. The summed E-state index contributed by atoms with van der Waals surface area (Å²) in [6, 6.07) is 18.3. The lowest BCUT2D eigenvalue weighted by Gasteiger charge is -2.44. The van der Waals surface area contributed by atoms with Gasteiger partial charge in [-0.2, -0.15) is 0 Å². The molecule has 0 aromatic heterocycles. The van der Waals surface area contributed by atoms with Crippen LogP contribution in [-0.2, 0) is 9.53 Å². The van der Waals surface area contributed by atoms with Gasteiger partial charge < -0.3 is 14.4 Å². The second kappa shape index (κ2) is 8.13. The van der Waals surface area contributed by atoms with Crippen LogP contribution in [0.25, 0.3) is 0 Å². The van der Waals surface area contributed by atoms with E-state index in [1.807, 2.05) is 35.2 Å². The van der Waals surface area contributed by atoms with Crippen molar-refractivity contribution < 1.29 is 14.3 Å². The van der Waals surface area contributed by atoms with Crippen molar-refractivity contribution in [2.24, 2.45) is 0 Å². The van der Waals surface area contributed by atoms with Gasteiger partial charge in [-0.25, -0.2) is 0 Å². The van der Waals surface area contributed by atoms with Crippen molar-refractivity contribution in [3.05, 3.63) is 65.7 Å². The van der Waals surface area contributed by atoms with Crippen molar-refractivity contribution in [1.29, 1.82) is 0 Å². The summed E-state index contributed by atoms with van der Waals surface area (Å²) in [5.74, 6) is 0.898. The second-order valence-corrected chi connectivity index (χ2v) is 7.77. The zero-order valence-corrected chi connectivity index (χ0v) is 16.6. The molecular weight excluding hydrogens is 338 g/mol. The molecule has 4 heteroatoms. The van der Waals surface area contributed by atoms with Crippen molar-refractivity contribution in [2.45, 2.75) is 51.3 Å². The van der Waals surface area contributed by atoms with Crippen molar-refractivity contribution in [3.63, 3.8) is 0 Å². The summed E-state index contributed by atoms with van der Waals surface area (Å²) in [4.78, 5) is 14.9. The van der Waals surface area contributed by atoms with Crippen LogP contribution in [0.5, 0.6) is 5.75 Å². The molecule has 4 nitrogen and oxygen atoms in total. The van der Waals surface area contributed by atoms with Gasteiger partial charge >= 0.3 is 0 Å². The molecule has 2 aromatic carbocycles. The quantitative estimate of drug-likeness (QED) is 0.776. The Morgan fingerprint density at radius 2 is 1.74 bits per heavy atom. The van der Waals surface area contributed by atoms with Crippen LogP contribution in [0.2, 0.25) is 0 Å². The average Bonchev–Trinajstić information content (AvgIpc) is 2.65. The van der Waals surface area contributed by atoms with Gasteiger partial charge in [-0.3, -0.25) is 4.79 Å². The summed E-state index contributed by atoms with van der Waals surface area (Å²) >= 11 is 0. The minimum Gasteiger partial charge on any atom is -0.497 e. The first-order valence-electron chi connectivity index (χ1n) is 9.53. The molecule has 1 saturated heterocycles. The Bertz CT molecular complexity index is 755. The zero-order valence-electron chi connectivity index (χ0n) is 16.6. The van der Waals surface area contributed by atoms with Gasteiger partial charge in [-0.15, -0.1) is 0 Å². The molecule has 1 aliphatic heterocycles. The van der Waals surface area contributed by atoms with E-state index < -0.39 is 0 Å². The minimum absolute atomic E-state index is 0.0855. The van der Waals surface area contributed by atoms with E-state index in [0.29, 0.717) is 6.61 Å². The van der Waals surface area contributed by atoms with Crippen LogP contribution in [0.4, 0.5) is 0 Å². The Balaban J connectivity index is 2.04. The molecule has 0 bridgehead atoms. The number of ether oxygens (including phenoxy) is 2. The molecule has 0 saturated carbocycles. The summed E-state index contributed by atoms with van der Waals surface area (Å²) in [6.07, 6.45) is 1.68. The van der Waals surface area contributed by atoms with Crippen LogP contribution in [0.3, 0.4) is 0 Å². The van der Waals surface area contributed by atoms with Crippen LogP contribution >= 0.6 is 0 Å². The first-order valence-corrected chi connectivity index (χ1v) is 9.53. The molecule has 27 heavy (non-hydrogen) atoms. The number of rotatable bonds is 5. The fraction of sp³-hybridized carbons (Fsp3) is 0.435. The summed E-state index contributed by atoms with van der Waals surface area (Å²) in [7, 11) is 1.66. The molecule has 0 N–H and O–H groups in total. The molecule has 1 amide bonds. The number of carbonyl (C=O) groups is 1. The van der Waals surface area contributed by atoms with Crippen LogP contribution in [0, 0.1) is 0 Å². The monoisotopic (exact) mass is 367 g/mol. The lowest BCUT2D eigenvalue weighted by Crippen LogP contribution is -2.49. The van der Waals surface area contributed by atoms with Crippen LogP contribution in [-0.4, -0.2) is 36.2 Å².